The van der Waals surface area contributed by atoms with E-state index in [1.165, 1.54) is 0 Å². The Morgan fingerprint density at radius 1 is 1.05 bits per heavy atom. The van der Waals surface area contributed by atoms with Gasteiger partial charge in [0, 0.05) is 43.3 Å². The maximum Gasteiger partial charge on any atom is 0.407 e. The molecular formula is C33H45N5O5S. The Bertz CT molecular complexity index is 1590. The second kappa shape index (κ2) is 12.9. The van der Waals surface area contributed by atoms with Crippen molar-refractivity contribution in [2.45, 2.75) is 70.9 Å². The molecule has 2 aliphatic heterocycles. The van der Waals surface area contributed by atoms with Crippen LogP contribution in [0.5, 0.6) is 0 Å². The minimum absolute atomic E-state index is 0.0802. The Morgan fingerprint density at radius 3 is 2.39 bits per heavy atom. The summed E-state index contributed by atoms with van der Waals surface area (Å²) in [6, 6.07) is 13.9. The summed E-state index contributed by atoms with van der Waals surface area (Å²) in [6.45, 7) is 8.14. The topological polar surface area (TPSA) is 149 Å². The van der Waals surface area contributed by atoms with Crippen molar-refractivity contribution in [3.8, 4) is 11.1 Å². The number of primary amides is 1. The number of H-pyrrole nitrogens is 1. The van der Waals surface area contributed by atoms with E-state index in [2.05, 4.69) is 37.1 Å². The molecule has 2 atom stereocenters. The van der Waals surface area contributed by atoms with Crippen molar-refractivity contribution in [1.82, 2.24) is 19.5 Å². The number of carbonyl (C=O) groups is 2. The first-order valence-electron chi connectivity index (χ1n) is 15.6. The lowest BCUT2D eigenvalue weighted by molar-refractivity contribution is 0.0484. The number of nitrogens with zero attached hydrogens (tertiary/aromatic N) is 2. The van der Waals surface area contributed by atoms with Crippen molar-refractivity contribution in [2.75, 3.05) is 31.9 Å². The van der Waals surface area contributed by atoms with Crippen LogP contribution in [0.15, 0.2) is 48.7 Å². The number of sulfonamides is 1. The quantitative estimate of drug-likeness (QED) is 0.247. The summed E-state index contributed by atoms with van der Waals surface area (Å²) in [6.07, 6.45) is 4.40. The first kappa shape index (κ1) is 32.0. The number of aromatic nitrogens is 1. The lowest BCUT2D eigenvalue weighted by Crippen LogP contribution is -2.55. The highest BCUT2D eigenvalue weighted by Gasteiger charge is 2.38. The third-order valence-electron chi connectivity index (χ3n) is 9.34. The maximum atomic E-state index is 13.2. The molecule has 0 aliphatic carbocycles. The summed E-state index contributed by atoms with van der Waals surface area (Å²) in [5, 5.41) is 14.0. The largest absolute Gasteiger partial charge is 0.465 e. The van der Waals surface area contributed by atoms with Crippen LogP contribution in [-0.2, 0) is 10.0 Å². The predicted molar refractivity (Wildman–Crippen MR) is 173 cm³/mol. The van der Waals surface area contributed by atoms with Crippen LogP contribution in [0.4, 0.5) is 4.79 Å². The summed E-state index contributed by atoms with van der Waals surface area (Å²) in [5.74, 6) is -0.246. The van der Waals surface area contributed by atoms with Gasteiger partial charge in [-0.1, -0.05) is 51.1 Å². The molecule has 5 N–H and O–H groups in total. The fraction of sp³-hybridized carbons (Fsp3) is 0.515. The smallest absolute Gasteiger partial charge is 0.407 e. The number of nitrogens with two attached hydrogens (primary N) is 1. The number of hydrogen-bond acceptors (Lipinski definition) is 5. The fourth-order valence-corrected chi connectivity index (χ4v) is 8.45. The number of aromatic amines is 1. The minimum Gasteiger partial charge on any atom is -0.465 e. The molecule has 1 aromatic heterocycles. The molecule has 2 fully saturated rings. The first-order valence-corrected chi connectivity index (χ1v) is 17.2. The number of carbonyl (C=O) groups excluding carboxylic acids is 1. The van der Waals surface area contributed by atoms with Gasteiger partial charge in [-0.05, 0) is 78.8 Å². The third-order valence-corrected chi connectivity index (χ3v) is 11.3. The SMILES string of the molecule is CC(C)(C)C1CC(NCCCS(=O)(=O)N2CCC(c3c[nH]c4c(C(N)=O)cc(-c5ccccc5)cc34)CC2)CCN1C(=O)O. The monoisotopic (exact) mass is 623 g/mol. The zero-order chi connectivity index (χ0) is 31.6. The molecule has 0 radical (unpaired) electrons. The van der Waals surface area contributed by atoms with Gasteiger partial charge in [-0.2, -0.15) is 0 Å². The number of nitrogens with one attached hydrogen (secondary N) is 2. The van der Waals surface area contributed by atoms with E-state index in [0.29, 0.717) is 51.0 Å². The molecule has 2 aromatic carbocycles. The van der Waals surface area contributed by atoms with Gasteiger partial charge >= 0.3 is 6.09 Å². The normalized spacial score (nSPS) is 20.7. The summed E-state index contributed by atoms with van der Waals surface area (Å²) < 4.78 is 28.1. The average molecular weight is 624 g/mol. The maximum absolute atomic E-state index is 13.2. The van der Waals surface area contributed by atoms with Gasteiger partial charge in [0.05, 0.1) is 16.8 Å². The van der Waals surface area contributed by atoms with Crippen molar-refractivity contribution in [3.63, 3.8) is 0 Å². The summed E-state index contributed by atoms with van der Waals surface area (Å²) in [4.78, 5) is 28.8. The van der Waals surface area contributed by atoms with E-state index >= 15 is 0 Å². The Morgan fingerprint density at radius 2 is 1.75 bits per heavy atom. The van der Waals surface area contributed by atoms with Crippen LogP contribution in [0.3, 0.4) is 0 Å². The second-order valence-electron chi connectivity index (χ2n) is 13.3. The molecule has 0 bridgehead atoms. The zero-order valence-electron chi connectivity index (χ0n) is 25.9. The van der Waals surface area contributed by atoms with Gasteiger partial charge in [0.2, 0.25) is 10.0 Å². The molecule has 10 nitrogen and oxygen atoms in total. The minimum atomic E-state index is -3.40. The van der Waals surface area contributed by atoms with Crippen molar-refractivity contribution < 1.29 is 23.1 Å². The zero-order valence-corrected chi connectivity index (χ0v) is 26.7. The van der Waals surface area contributed by atoms with Gasteiger partial charge in [-0.3, -0.25) is 4.79 Å². The van der Waals surface area contributed by atoms with Crippen molar-refractivity contribution >= 4 is 32.9 Å². The van der Waals surface area contributed by atoms with Crippen molar-refractivity contribution in [1.29, 1.82) is 0 Å². The molecule has 2 unspecified atom stereocenters. The molecule has 44 heavy (non-hydrogen) atoms. The highest BCUT2D eigenvalue weighted by atomic mass is 32.2. The summed E-state index contributed by atoms with van der Waals surface area (Å²) in [7, 11) is -3.40. The van der Waals surface area contributed by atoms with E-state index in [0.717, 1.165) is 40.4 Å². The molecule has 2 amide bonds. The molecule has 2 aliphatic rings. The number of fused-ring (bicyclic) bond motifs is 1. The van der Waals surface area contributed by atoms with Crippen molar-refractivity contribution in [3.05, 3.63) is 59.8 Å². The fourth-order valence-electron chi connectivity index (χ4n) is 6.92. The number of amides is 2. The number of rotatable bonds is 9. The van der Waals surface area contributed by atoms with Gasteiger partial charge in [0.25, 0.3) is 5.91 Å². The Balaban J connectivity index is 1.17. The Kier molecular flexibility index (Phi) is 9.38. The predicted octanol–water partition coefficient (Wildman–Crippen LogP) is 4.98. The summed E-state index contributed by atoms with van der Waals surface area (Å²) in [5.41, 5.74) is 9.75. The Hall–Kier alpha value is -3.41. The van der Waals surface area contributed by atoms with Gasteiger partial charge in [-0.15, -0.1) is 0 Å². The van der Waals surface area contributed by atoms with E-state index < -0.39 is 22.0 Å². The molecule has 11 heteroatoms. The van der Waals surface area contributed by atoms with Crippen molar-refractivity contribution in [2.24, 2.45) is 11.1 Å². The van der Waals surface area contributed by atoms with Crippen LogP contribution < -0.4 is 11.1 Å². The molecule has 0 saturated carbocycles. The highest BCUT2D eigenvalue weighted by molar-refractivity contribution is 7.89. The standard InChI is InChI=1S/C33H45N5O5S/c1-33(2,3)29-20-25(12-16-38(29)32(40)41)35-13-7-17-44(42,43)37-14-10-23(11-15-37)28-21-36-30-26(28)18-24(19-27(30)31(34)39)22-8-5-4-6-9-22/h4-6,8-9,18-19,21,23,25,29,35-36H,7,10-17,20H2,1-3H3,(H2,34,39)(H,40,41). The van der Waals surface area contributed by atoms with E-state index in [4.69, 9.17) is 5.73 Å². The Labute approximate surface area is 260 Å². The number of likely N-dealkylation sites (tertiary alicyclic amines) is 1. The van der Waals surface area contributed by atoms with Crippen LogP contribution in [-0.4, -0.2) is 83.7 Å². The van der Waals surface area contributed by atoms with Crippen LogP contribution >= 0.6 is 0 Å². The van der Waals surface area contributed by atoms with E-state index in [1.807, 2.05) is 42.6 Å². The molecule has 5 rings (SSSR count). The molecule has 2 saturated heterocycles. The number of piperidine rings is 2. The van der Waals surface area contributed by atoms with E-state index in [-0.39, 0.29) is 29.2 Å². The lowest BCUT2D eigenvalue weighted by atomic mass is 9.79. The molecule has 3 heterocycles. The molecule has 238 valence electrons. The molecular weight excluding hydrogens is 578 g/mol. The number of benzene rings is 2. The average Bonchev–Trinajstić information content (AvgIpc) is 3.43. The number of carboxylic acid groups (broad SMARTS) is 1. The van der Waals surface area contributed by atoms with Gasteiger partial charge < -0.3 is 26.0 Å². The number of hydrogen-bond donors (Lipinski definition) is 4. The second-order valence-corrected chi connectivity index (χ2v) is 15.4. The first-order chi connectivity index (χ1) is 20.8. The van der Waals surface area contributed by atoms with E-state index in [9.17, 15) is 23.1 Å². The highest BCUT2D eigenvalue weighted by Crippen LogP contribution is 2.37. The lowest BCUT2D eigenvalue weighted by Gasteiger charge is -2.44. The third kappa shape index (κ3) is 6.95. The van der Waals surface area contributed by atoms with Gasteiger partial charge in [-0.25, -0.2) is 17.5 Å². The van der Waals surface area contributed by atoms with Crippen LogP contribution in [0.25, 0.3) is 22.0 Å². The molecule has 0 spiro atoms. The van der Waals surface area contributed by atoms with Gasteiger partial charge in [0.1, 0.15) is 0 Å². The molecule has 3 aromatic rings. The summed E-state index contributed by atoms with van der Waals surface area (Å²) >= 11 is 0. The van der Waals surface area contributed by atoms with E-state index in [1.54, 1.807) is 9.21 Å². The van der Waals surface area contributed by atoms with Gasteiger partial charge in [0.15, 0.2) is 0 Å². The van der Waals surface area contributed by atoms with Crippen LogP contribution in [0, 0.1) is 5.41 Å². The van der Waals surface area contributed by atoms with Crippen LogP contribution in [0.2, 0.25) is 0 Å². The van der Waals surface area contributed by atoms with Crippen LogP contribution in [0.1, 0.15) is 74.7 Å².